The predicted octanol–water partition coefficient (Wildman–Crippen LogP) is 1.21. The molecule has 0 amide bonds. The van der Waals surface area contributed by atoms with E-state index in [9.17, 15) is 20.4 Å². The van der Waals surface area contributed by atoms with Gasteiger partial charge in [-0.2, -0.15) is 0 Å². The number of aliphatic hydroxyl groups excluding tert-OH is 2. The van der Waals surface area contributed by atoms with Crippen molar-refractivity contribution in [3.63, 3.8) is 0 Å². The van der Waals surface area contributed by atoms with Crippen LogP contribution in [0.15, 0.2) is 12.4 Å². The Labute approximate surface area is 133 Å². The molecule has 0 aliphatic carbocycles. The van der Waals surface area contributed by atoms with Gasteiger partial charge in [0, 0.05) is 34.6 Å². The van der Waals surface area contributed by atoms with E-state index in [0.29, 0.717) is 33.6 Å². The summed E-state index contributed by atoms with van der Waals surface area (Å²) in [5.41, 5.74) is 2.78. The molecule has 23 heavy (non-hydrogen) atoms. The molecule has 7 heteroatoms. The van der Waals surface area contributed by atoms with E-state index in [1.165, 1.54) is 0 Å². The first kappa shape index (κ1) is 17.1. The van der Waals surface area contributed by atoms with Gasteiger partial charge in [0.15, 0.2) is 0 Å². The van der Waals surface area contributed by atoms with Crippen molar-refractivity contribution >= 4 is 0 Å². The maximum Gasteiger partial charge on any atom is 0.142 e. The molecule has 0 bridgehead atoms. The fourth-order valence-corrected chi connectivity index (χ4v) is 2.24. The molecule has 124 valence electrons. The summed E-state index contributed by atoms with van der Waals surface area (Å²) in [5.74, 6) is -0.0846. The molecule has 2 heterocycles. The second-order valence-corrected chi connectivity index (χ2v) is 5.20. The van der Waals surface area contributed by atoms with Crippen LogP contribution in [0.1, 0.15) is 33.6 Å². The van der Waals surface area contributed by atoms with E-state index < -0.39 is 0 Å². The molecule has 0 aliphatic rings. The molecule has 0 atom stereocenters. The molecule has 0 unspecified atom stereocenters. The zero-order valence-electron chi connectivity index (χ0n) is 13.1. The molecule has 0 radical (unpaired) electrons. The van der Waals surface area contributed by atoms with Crippen LogP contribution in [0, 0.1) is 13.8 Å². The van der Waals surface area contributed by atoms with Gasteiger partial charge in [-0.05, 0) is 13.8 Å². The number of aromatic hydroxyl groups is 2. The molecule has 0 saturated carbocycles. The highest BCUT2D eigenvalue weighted by Gasteiger charge is 2.13. The Hall–Kier alpha value is -2.22. The number of nitrogens with zero attached hydrogens (tertiary/aromatic N) is 2. The van der Waals surface area contributed by atoms with E-state index in [0.717, 1.165) is 0 Å². The van der Waals surface area contributed by atoms with Crippen molar-refractivity contribution < 1.29 is 25.2 Å². The molecule has 0 aliphatic heterocycles. The minimum Gasteiger partial charge on any atom is -0.506 e. The van der Waals surface area contributed by atoms with E-state index in [2.05, 4.69) is 9.97 Å². The SMILES string of the molecule is Cc1ncc(COCc2cnc(C)c(O)c2CO)c(CO)c1O. The third-order valence-corrected chi connectivity index (χ3v) is 3.69. The van der Waals surface area contributed by atoms with Crippen molar-refractivity contribution in [1.29, 1.82) is 0 Å². The van der Waals surface area contributed by atoms with Crippen molar-refractivity contribution in [2.75, 3.05) is 0 Å². The normalized spacial score (nSPS) is 11.0. The van der Waals surface area contributed by atoms with Crippen LogP contribution in [-0.2, 0) is 31.2 Å². The average molecular weight is 320 g/mol. The van der Waals surface area contributed by atoms with Gasteiger partial charge in [-0.1, -0.05) is 0 Å². The summed E-state index contributed by atoms with van der Waals surface area (Å²) < 4.78 is 5.56. The van der Waals surface area contributed by atoms with Crippen molar-refractivity contribution in [3.05, 3.63) is 46.0 Å². The molecule has 0 aromatic carbocycles. The van der Waals surface area contributed by atoms with Crippen LogP contribution >= 0.6 is 0 Å². The second-order valence-electron chi connectivity index (χ2n) is 5.20. The summed E-state index contributed by atoms with van der Waals surface area (Å²) in [6.07, 6.45) is 3.08. The lowest BCUT2D eigenvalue weighted by Crippen LogP contribution is -2.04. The topological polar surface area (TPSA) is 116 Å². The second kappa shape index (κ2) is 7.36. The van der Waals surface area contributed by atoms with Gasteiger partial charge in [0.25, 0.3) is 0 Å². The van der Waals surface area contributed by atoms with Crippen molar-refractivity contribution in [3.8, 4) is 11.5 Å². The highest BCUT2D eigenvalue weighted by atomic mass is 16.5. The lowest BCUT2D eigenvalue weighted by Gasteiger charge is -2.13. The van der Waals surface area contributed by atoms with Crippen LogP contribution < -0.4 is 0 Å². The molecular formula is C16H20N2O5. The van der Waals surface area contributed by atoms with Crippen LogP contribution in [0.3, 0.4) is 0 Å². The van der Waals surface area contributed by atoms with Crippen LogP contribution in [0.25, 0.3) is 0 Å². The molecule has 7 nitrogen and oxygen atoms in total. The monoisotopic (exact) mass is 320 g/mol. The fraction of sp³-hybridized carbons (Fsp3) is 0.375. The number of rotatable bonds is 6. The summed E-state index contributed by atoms with van der Waals surface area (Å²) in [7, 11) is 0. The molecule has 2 rings (SSSR count). The number of aryl methyl sites for hydroxylation is 2. The third kappa shape index (κ3) is 3.58. The molecule has 2 aromatic rings. The lowest BCUT2D eigenvalue weighted by atomic mass is 10.1. The Bertz CT molecular complexity index is 644. The number of aromatic nitrogens is 2. The van der Waals surface area contributed by atoms with E-state index in [1.54, 1.807) is 26.2 Å². The van der Waals surface area contributed by atoms with Crippen molar-refractivity contribution in [2.24, 2.45) is 0 Å². The van der Waals surface area contributed by atoms with Crippen LogP contribution in [-0.4, -0.2) is 30.4 Å². The van der Waals surface area contributed by atoms with Gasteiger partial charge in [-0.25, -0.2) is 0 Å². The standard InChI is InChI=1S/C16H20N2O5/c1-9-15(21)13(5-19)11(3-17-9)7-23-8-12-4-18-10(2)16(22)14(12)6-20/h3-4,19-22H,5-8H2,1-2H3. The zero-order valence-corrected chi connectivity index (χ0v) is 13.1. The van der Waals surface area contributed by atoms with E-state index >= 15 is 0 Å². The molecule has 2 aromatic heterocycles. The van der Waals surface area contributed by atoms with Gasteiger partial charge >= 0.3 is 0 Å². The smallest absolute Gasteiger partial charge is 0.142 e. The van der Waals surface area contributed by atoms with Crippen molar-refractivity contribution in [1.82, 2.24) is 9.97 Å². The van der Waals surface area contributed by atoms with E-state index in [4.69, 9.17) is 4.74 Å². The summed E-state index contributed by atoms with van der Waals surface area (Å²) in [6.45, 7) is 2.90. The van der Waals surface area contributed by atoms with Crippen LogP contribution in [0.5, 0.6) is 11.5 Å². The molecule has 0 spiro atoms. The first-order valence-electron chi connectivity index (χ1n) is 7.11. The average Bonchev–Trinajstić information content (AvgIpc) is 2.54. The largest absolute Gasteiger partial charge is 0.506 e. The third-order valence-electron chi connectivity index (χ3n) is 3.69. The van der Waals surface area contributed by atoms with Gasteiger partial charge in [-0.15, -0.1) is 0 Å². The van der Waals surface area contributed by atoms with E-state index in [-0.39, 0.29) is 37.9 Å². The number of hydrogen-bond acceptors (Lipinski definition) is 7. The van der Waals surface area contributed by atoms with Gasteiger partial charge in [0.05, 0.1) is 37.8 Å². The Morgan fingerprint density at radius 3 is 1.57 bits per heavy atom. The Morgan fingerprint density at radius 1 is 0.826 bits per heavy atom. The number of aliphatic hydroxyl groups is 2. The Morgan fingerprint density at radius 2 is 1.22 bits per heavy atom. The van der Waals surface area contributed by atoms with Gasteiger partial charge in [0.2, 0.25) is 0 Å². The highest BCUT2D eigenvalue weighted by Crippen LogP contribution is 2.26. The number of ether oxygens (including phenoxy) is 1. The Kier molecular flexibility index (Phi) is 5.49. The molecule has 0 fully saturated rings. The quantitative estimate of drug-likeness (QED) is 0.632. The highest BCUT2D eigenvalue weighted by molar-refractivity contribution is 5.41. The minimum absolute atomic E-state index is 0.0423. The summed E-state index contributed by atoms with van der Waals surface area (Å²) >= 11 is 0. The van der Waals surface area contributed by atoms with Crippen LogP contribution in [0.4, 0.5) is 0 Å². The summed E-state index contributed by atoms with van der Waals surface area (Å²) in [4.78, 5) is 8.08. The summed E-state index contributed by atoms with van der Waals surface area (Å²) in [5, 5.41) is 38.5. The van der Waals surface area contributed by atoms with E-state index in [1.807, 2.05) is 0 Å². The number of hydrogen-bond donors (Lipinski definition) is 4. The minimum atomic E-state index is -0.317. The zero-order chi connectivity index (χ0) is 17.0. The maximum atomic E-state index is 9.89. The van der Waals surface area contributed by atoms with Crippen LogP contribution in [0.2, 0.25) is 0 Å². The molecule has 0 saturated heterocycles. The first-order chi connectivity index (χ1) is 11.0. The fourth-order valence-electron chi connectivity index (χ4n) is 2.24. The van der Waals surface area contributed by atoms with Crippen molar-refractivity contribution in [2.45, 2.75) is 40.3 Å². The first-order valence-corrected chi connectivity index (χ1v) is 7.11. The van der Waals surface area contributed by atoms with Gasteiger partial charge in [0.1, 0.15) is 11.5 Å². The summed E-state index contributed by atoms with van der Waals surface area (Å²) in [6, 6.07) is 0. The molecule has 4 N–H and O–H groups in total. The Balaban J connectivity index is 2.12. The molecular weight excluding hydrogens is 300 g/mol. The predicted molar refractivity (Wildman–Crippen MR) is 81.6 cm³/mol. The lowest BCUT2D eigenvalue weighted by molar-refractivity contribution is 0.103. The maximum absolute atomic E-state index is 9.89. The van der Waals surface area contributed by atoms with Gasteiger partial charge < -0.3 is 25.2 Å². The van der Waals surface area contributed by atoms with Gasteiger partial charge in [-0.3, -0.25) is 9.97 Å². The number of pyridine rings is 2.